The fraction of sp³-hybridized carbons (Fsp3) is 0.200. The Hall–Kier alpha value is -4.31. The highest BCUT2D eigenvalue weighted by Crippen LogP contribution is 2.50. The highest BCUT2D eigenvalue weighted by Gasteiger charge is 2.64. The minimum Gasteiger partial charge on any atom is -0.391 e. The molecule has 2 N–H and O–H groups in total. The van der Waals surface area contributed by atoms with E-state index < -0.39 is 53.2 Å². The SMILES string of the molecule is Cn1nc(C(F)(F)C(F)(F)F)c(C(F)(F)F)c1OC(=O)Nc1ccnc(C(=O)Nc2ccc(F)cc2)c1. The molecule has 0 aliphatic heterocycles. The van der Waals surface area contributed by atoms with Gasteiger partial charge in [-0.15, -0.1) is 0 Å². The van der Waals surface area contributed by atoms with Gasteiger partial charge in [0, 0.05) is 24.6 Å². The van der Waals surface area contributed by atoms with Crippen LogP contribution in [-0.2, 0) is 19.1 Å². The van der Waals surface area contributed by atoms with Crippen molar-refractivity contribution in [3.8, 4) is 5.88 Å². The van der Waals surface area contributed by atoms with Crippen LogP contribution in [0.2, 0.25) is 0 Å². The fourth-order valence-electron chi connectivity index (χ4n) is 2.83. The minimum absolute atomic E-state index is 0.106. The first-order valence-corrected chi connectivity index (χ1v) is 9.61. The number of anilines is 2. The van der Waals surface area contributed by atoms with Crippen LogP contribution in [0.5, 0.6) is 5.88 Å². The summed E-state index contributed by atoms with van der Waals surface area (Å²) in [7, 11) is 0.554. The summed E-state index contributed by atoms with van der Waals surface area (Å²) in [6.45, 7) is 0. The first-order valence-electron chi connectivity index (χ1n) is 9.61. The Balaban J connectivity index is 1.83. The molecule has 37 heavy (non-hydrogen) atoms. The standard InChI is InChI=1S/C20H12F9N5O3/c1-34-16(13(19(24,25)26)14(33-34)18(22,23)20(27,28)29)37-17(36)32-11-6-7-30-12(8-11)15(35)31-10-4-2-9(21)3-5-10/h2-8H,1H3,(H,31,35)(H,30,32,36). The first-order chi connectivity index (χ1) is 17.0. The summed E-state index contributed by atoms with van der Waals surface area (Å²) in [6.07, 6.45) is -13.0. The van der Waals surface area contributed by atoms with Gasteiger partial charge in [0.2, 0.25) is 5.88 Å². The van der Waals surface area contributed by atoms with Gasteiger partial charge in [-0.05, 0) is 36.4 Å². The van der Waals surface area contributed by atoms with Crippen molar-refractivity contribution < 1.29 is 53.8 Å². The molecule has 198 valence electrons. The van der Waals surface area contributed by atoms with Crippen LogP contribution in [0.1, 0.15) is 21.7 Å². The predicted octanol–water partition coefficient (Wildman–Crippen LogP) is 5.49. The van der Waals surface area contributed by atoms with E-state index in [4.69, 9.17) is 0 Å². The molecular weight excluding hydrogens is 529 g/mol. The van der Waals surface area contributed by atoms with E-state index in [0.29, 0.717) is 7.05 Å². The summed E-state index contributed by atoms with van der Waals surface area (Å²) in [5.41, 5.74) is -5.75. The highest BCUT2D eigenvalue weighted by molar-refractivity contribution is 6.03. The quantitative estimate of drug-likeness (QED) is 0.417. The number of ether oxygens (including phenoxy) is 1. The Bertz CT molecular complexity index is 1320. The van der Waals surface area contributed by atoms with Gasteiger partial charge in [-0.3, -0.25) is 15.1 Å². The number of alkyl halides is 8. The number of halogens is 9. The van der Waals surface area contributed by atoms with E-state index in [1.165, 1.54) is 12.1 Å². The second kappa shape index (κ2) is 9.62. The Labute approximate surface area is 200 Å². The molecule has 3 aromatic rings. The number of nitrogens with zero attached hydrogens (tertiary/aromatic N) is 3. The largest absolute Gasteiger partial charge is 0.459 e. The van der Waals surface area contributed by atoms with Gasteiger partial charge in [-0.2, -0.15) is 40.2 Å². The Morgan fingerprint density at radius 3 is 2.11 bits per heavy atom. The van der Waals surface area contributed by atoms with Gasteiger partial charge in [0.05, 0.1) is 0 Å². The van der Waals surface area contributed by atoms with Gasteiger partial charge in [0.15, 0.2) is 5.69 Å². The first kappa shape index (κ1) is 27.3. The average molecular weight is 541 g/mol. The monoisotopic (exact) mass is 541 g/mol. The predicted molar refractivity (Wildman–Crippen MR) is 106 cm³/mol. The third-order valence-electron chi connectivity index (χ3n) is 4.46. The smallest absolute Gasteiger partial charge is 0.391 e. The Morgan fingerprint density at radius 2 is 1.54 bits per heavy atom. The molecule has 0 radical (unpaired) electrons. The number of rotatable bonds is 5. The molecule has 2 amide bonds. The zero-order chi connectivity index (χ0) is 27.8. The highest BCUT2D eigenvalue weighted by atomic mass is 19.4. The molecule has 8 nitrogen and oxygen atoms in total. The average Bonchev–Trinajstić information content (AvgIpc) is 3.11. The number of benzene rings is 1. The minimum atomic E-state index is -6.43. The number of carbonyl (C=O) groups excluding carboxylic acids is 2. The lowest BCUT2D eigenvalue weighted by molar-refractivity contribution is -0.292. The maximum absolute atomic E-state index is 13.7. The summed E-state index contributed by atoms with van der Waals surface area (Å²) in [4.78, 5) is 28.2. The van der Waals surface area contributed by atoms with Crippen molar-refractivity contribution in [1.82, 2.24) is 14.8 Å². The second-order valence-electron chi connectivity index (χ2n) is 7.13. The molecule has 17 heteroatoms. The third kappa shape index (κ3) is 5.92. The van der Waals surface area contributed by atoms with Crippen molar-refractivity contribution in [2.75, 3.05) is 10.6 Å². The van der Waals surface area contributed by atoms with Crippen molar-refractivity contribution in [2.45, 2.75) is 18.3 Å². The van der Waals surface area contributed by atoms with Gasteiger partial charge in [-0.1, -0.05) is 0 Å². The van der Waals surface area contributed by atoms with E-state index in [1.54, 1.807) is 0 Å². The van der Waals surface area contributed by atoms with Crippen molar-refractivity contribution in [2.24, 2.45) is 7.05 Å². The van der Waals surface area contributed by atoms with Crippen molar-refractivity contribution in [3.05, 3.63) is 65.4 Å². The number of amides is 2. The number of carbonyl (C=O) groups is 2. The molecule has 2 heterocycles. The van der Waals surface area contributed by atoms with Crippen LogP contribution in [0.15, 0.2) is 42.6 Å². The molecule has 0 fully saturated rings. The van der Waals surface area contributed by atoms with Gasteiger partial charge < -0.3 is 10.1 Å². The molecular formula is C20H12F9N5O3. The molecule has 1 aromatic carbocycles. The topological polar surface area (TPSA) is 98.1 Å². The van der Waals surface area contributed by atoms with Gasteiger partial charge in [0.25, 0.3) is 5.91 Å². The van der Waals surface area contributed by atoms with E-state index in [-0.39, 0.29) is 21.8 Å². The second-order valence-corrected chi connectivity index (χ2v) is 7.13. The van der Waals surface area contributed by atoms with E-state index in [9.17, 15) is 49.1 Å². The maximum atomic E-state index is 13.7. The summed E-state index contributed by atoms with van der Waals surface area (Å²) < 4.78 is 123. The molecule has 2 aromatic heterocycles. The lowest BCUT2D eigenvalue weighted by Crippen LogP contribution is -2.36. The van der Waals surface area contributed by atoms with E-state index >= 15 is 0 Å². The lowest BCUT2D eigenvalue weighted by Gasteiger charge is -2.19. The molecule has 3 rings (SSSR count). The third-order valence-corrected chi connectivity index (χ3v) is 4.46. The number of hydrogen-bond donors (Lipinski definition) is 2. The Morgan fingerprint density at radius 1 is 0.919 bits per heavy atom. The van der Waals surface area contributed by atoms with Crippen molar-refractivity contribution in [3.63, 3.8) is 0 Å². The summed E-state index contributed by atoms with van der Waals surface area (Å²) >= 11 is 0. The number of pyridine rings is 1. The molecule has 0 spiro atoms. The molecule has 0 unspecified atom stereocenters. The lowest BCUT2D eigenvalue weighted by atomic mass is 10.1. The summed E-state index contributed by atoms with van der Waals surface area (Å²) in [6, 6.07) is 6.58. The number of aromatic nitrogens is 3. The fourth-order valence-corrected chi connectivity index (χ4v) is 2.83. The van der Waals surface area contributed by atoms with Crippen LogP contribution in [0, 0.1) is 5.82 Å². The normalized spacial score (nSPS) is 12.3. The molecule has 0 aliphatic rings. The number of aryl methyl sites for hydroxylation is 1. The molecule has 0 saturated heterocycles. The van der Waals surface area contributed by atoms with Crippen LogP contribution < -0.4 is 15.4 Å². The van der Waals surface area contributed by atoms with E-state index in [1.807, 2.05) is 5.32 Å². The van der Waals surface area contributed by atoms with Crippen LogP contribution in [-0.4, -0.2) is 32.9 Å². The summed E-state index contributed by atoms with van der Waals surface area (Å²) in [5.74, 6) is -9.18. The van der Waals surface area contributed by atoms with E-state index in [0.717, 1.165) is 30.5 Å². The molecule has 0 saturated carbocycles. The molecule has 0 atom stereocenters. The van der Waals surface area contributed by atoms with Crippen LogP contribution in [0.25, 0.3) is 0 Å². The van der Waals surface area contributed by atoms with Crippen LogP contribution in [0.3, 0.4) is 0 Å². The van der Waals surface area contributed by atoms with Gasteiger partial charge in [-0.25, -0.2) is 13.9 Å². The number of hydrogen-bond acceptors (Lipinski definition) is 5. The molecule has 0 bridgehead atoms. The number of nitrogens with one attached hydrogen (secondary N) is 2. The zero-order valence-corrected chi connectivity index (χ0v) is 18.0. The maximum Gasteiger partial charge on any atom is 0.459 e. The zero-order valence-electron chi connectivity index (χ0n) is 18.0. The van der Waals surface area contributed by atoms with Crippen LogP contribution in [0.4, 0.5) is 55.7 Å². The van der Waals surface area contributed by atoms with E-state index in [2.05, 4.69) is 20.1 Å². The van der Waals surface area contributed by atoms with Gasteiger partial charge >= 0.3 is 24.4 Å². The van der Waals surface area contributed by atoms with Gasteiger partial charge in [0.1, 0.15) is 17.1 Å². The summed E-state index contributed by atoms with van der Waals surface area (Å²) in [5, 5.41) is 6.84. The molecule has 0 aliphatic carbocycles. The Kier molecular flexibility index (Phi) is 7.10. The van der Waals surface area contributed by atoms with Crippen LogP contribution >= 0.6 is 0 Å². The van der Waals surface area contributed by atoms with Crippen molar-refractivity contribution >= 4 is 23.4 Å². The van der Waals surface area contributed by atoms with Crippen molar-refractivity contribution in [1.29, 1.82) is 0 Å².